The van der Waals surface area contributed by atoms with E-state index in [-0.39, 0.29) is 50.0 Å². The van der Waals surface area contributed by atoms with Gasteiger partial charge in [0.1, 0.15) is 29.5 Å². The van der Waals surface area contributed by atoms with Gasteiger partial charge in [0.2, 0.25) is 21.8 Å². The number of benzene rings is 2. The fourth-order valence-electron chi connectivity index (χ4n) is 7.72. The first kappa shape index (κ1) is 39.1. The molecule has 18 heteroatoms. The van der Waals surface area contributed by atoms with Crippen LogP contribution in [0.4, 0.5) is 28.0 Å². The van der Waals surface area contributed by atoms with Crippen molar-refractivity contribution in [2.24, 2.45) is 17.3 Å². The molecule has 0 aromatic heterocycles. The van der Waals surface area contributed by atoms with Crippen molar-refractivity contribution in [2.75, 3.05) is 11.9 Å². The molecule has 3 aliphatic carbocycles. The minimum Gasteiger partial charge on any atom is -0.444 e. The Balaban J connectivity index is 1.15. The van der Waals surface area contributed by atoms with Crippen LogP contribution < -0.4 is 15.4 Å². The quantitative estimate of drug-likeness (QED) is 0.272. The predicted molar refractivity (Wildman–Crippen MR) is 191 cm³/mol. The van der Waals surface area contributed by atoms with Gasteiger partial charge in [0, 0.05) is 23.7 Å². The molecule has 1 saturated heterocycles. The number of hydrogen-bond acceptors (Lipinski definition) is 8. The fraction of sp³-hybridized carbons (Fsp3) is 0.568. The summed E-state index contributed by atoms with van der Waals surface area (Å²) in [5.74, 6) is -3.80. The van der Waals surface area contributed by atoms with Crippen LogP contribution in [0.2, 0.25) is 5.02 Å². The first-order chi connectivity index (χ1) is 25.7. The second kappa shape index (κ2) is 13.8. The van der Waals surface area contributed by atoms with Crippen molar-refractivity contribution >= 4 is 51.1 Å². The number of carbonyl (C=O) groups is 4. The Kier molecular flexibility index (Phi) is 9.83. The minimum absolute atomic E-state index is 0.102. The lowest BCUT2D eigenvalue weighted by Gasteiger charge is -2.36. The van der Waals surface area contributed by atoms with Crippen molar-refractivity contribution < 1.29 is 49.9 Å². The Morgan fingerprint density at radius 2 is 1.73 bits per heavy atom. The van der Waals surface area contributed by atoms with Crippen molar-refractivity contribution in [2.45, 2.75) is 108 Å². The maximum Gasteiger partial charge on any atom is 0.416 e. The lowest BCUT2D eigenvalue weighted by atomic mass is 9.85. The van der Waals surface area contributed by atoms with Crippen LogP contribution >= 0.6 is 11.6 Å². The third-order valence-electron chi connectivity index (χ3n) is 11.1. The molecule has 2 heterocycles. The second-order valence-corrected chi connectivity index (χ2v) is 18.8. The van der Waals surface area contributed by atoms with Gasteiger partial charge in [-0.3, -0.25) is 24.0 Å². The van der Waals surface area contributed by atoms with Gasteiger partial charge in [0.25, 0.3) is 5.91 Å². The monoisotopic (exact) mass is 811 g/mol. The van der Waals surface area contributed by atoms with Gasteiger partial charge < -0.3 is 20.3 Å². The molecular formula is C37H42ClF4N5O7S. The van der Waals surface area contributed by atoms with Gasteiger partial charge in [0.05, 0.1) is 23.9 Å². The number of hydrogen-bond donors (Lipinski definition) is 3. The molecule has 2 aromatic carbocycles. The summed E-state index contributed by atoms with van der Waals surface area (Å²) in [5, 5.41) is 5.33. The summed E-state index contributed by atoms with van der Waals surface area (Å²) in [7, 11) is -3.95. The van der Waals surface area contributed by atoms with E-state index >= 15 is 0 Å². The highest BCUT2D eigenvalue weighted by Gasteiger charge is 2.67. The van der Waals surface area contributed by atoms with Crippen molar-refractivity contribution in [1.29, 1.82) is 0 Å². The van der Waals surface area contributed by atoms with Crippen LogP contribution in [-0.2, 0) is 48.4 Å². The molecule has 5 atom stereocenters. The number of ether oxygens (including phenoxy) is 1. The summed E-state index contributed by atoms with van der Waals surface area (Å²) in [6.07, 6.45) is -4.20. The lowest BCUT2D eigenvalue weighted by Crippen LogP contribution is -2.58. The summed E-state index contributed by atoms with van der Waals surface area (Å²) in [6.45, 7) is 4.99. The van der Waals surface area contributed by atoms with E-state index in [1.54, 1.807) is 32.9 Å². The van der Waals surface area contributed by atoms with Gasteiger partial charge in [-0.05, 0) is 84.7 Å². The number of rotatable bonds is 10. The maximum atomic E-state index is 14.6. The summed E-state index contributed by atoms with van der Waals surface area (Å²) in [5.41, 5.74) is -2.57. The molecule has 7 rings (SSSR count). The van der Waals surface area contributed by atoms with E-state index in [2.05, 4.69) is 15.4 Å². The number of nitrogens with zero attached hydrogens (tertiary/aromatic N) is 2. The molecule has 298 valence electrons. The normalized spacial score (nSPS) is 25.6. The van der Waals surface area contributed by atoms with E-state index in [1.807, 2.05) is 6.07 Å². The fourth-order valence-corrected chi connectivity index (χ4v) is 9.34. The first-order valence-corrected chi connectivity index (χ1v) is 20.1. The number of anilines is 1. The van der Waals surface area contributed by atoms with E-state index in [4.69, 9.17) is 16.3 Å². The third-order valence-corrected chi connectivity index (χ3v) is 13.3. The Morgan fingerprint density at radius 1 is 1.02 bits per heavy atom. The molecule has 3 N–H and O–H groups in total. The molecule has 5 aliphatic rings. The number of fused-ring (bicyclic) bond motifs is 1. The average molecular weight is 812 g/mol. The number of halogens is 5. The molecule has 2 aromatic rings. The van der Waals surface area contributed by atoms with Gasteiger partial charge in [-0.2, -0.15) is 13.2 Å². The van der Waals surface area contributed by atoms with Gasteiger partial charge in [-0.15, -0.1) is 0 Å². The van der Waals surface area contributed by atoms with Crippen LogP contribution in [0.3, 0.4) is 0 Å². The molecule has 4 fully saturated rings. The molecule has 3 saturated carbocycles. The summed E-state index contributed by atoms with van der Waals surface area (Å²) >= 11 is 6.34. The van der Waals surface area contributed by atoms with Gasteiger partial charge in [-0.25, -0.2) is 17.6 Å². The van der Waals surface area contributed by atoms with Crippen molar-refractivity contribution in [3.8, 4) is 0 Å². The predicted octanol–water partition coefficient (Wildman–Crippen LogP) is 5.34. The molecule has 0 unspecified atom stereocenters. The highest BCUT2D eigenvalue weighted by Crippen LogP contribution is 2.57. The standard InChI is InChI=1S/C37H42ClF4N5O7S/c1-35(2,3)30(43-23-12-21(37(40,41)42)11-22(39)13-23)32(49)47-17-24(54-34(51)46-16-20-5-4-6-28(38)26(20)18-46)14-29(47)31(48)44-36(15-27(36)19-7-8-19)33(50)45-55(52,53)25-9-10-25/h4-6,11-13,19,24-25,27,29-30,43H,7-10,14-18H2,1-3H3,(H,44,48)(H,45,50)/t24-,27+,29+,30-,36-/m1/s1. The zero-order chi connectivity index (χ0) is 39.8. The van der Waals surface area contributed by atoms with Crippen LogP contribution in [-0.4, -0.2) is 77.6 Å². The van der Waals surface area contributed by atoms with E-state index in [0.29, 0.717) is 30.0 Å². The zero-order valence-corrected chi connectivity index (χ0v) is 31.9. The molecule has 0 radical (unpaired) electrons. The van der Waals surface area contributed by atoms with Crippen LogP contribution in [0, 0.1) is 23.1 Å². The second-order valence-electron chi connectivity index (χ2n) is 16.4. The van der Waals surface area contributed by atoms with Gasteiger partial charge in [0.15, 0.2) is 0 Å². The topological polar surface area (TPSA) is 154 Å². The van der Waals surface area contributed by atoms with Crippen LogP contribution in [0.15, 0.2) is 36.4 Å². The van der Waals surface area contributed by atoms with Crippen molar-refractivity contribution in [1.82, 2.24) is 19.8 Å². The largest absolute Gasteiger partial charge is 0.444 e. The van der Waals surface area contributed by atoms with Crippen molar-refractivity contribution in [3.63, 3.8) is 0 Å². The molecule has 55 heavy (non-hydrogen) atoms. The summed E-state index contributed by atoms with van der Waals surface area (Å²) in [4.78, 5) is 58.6. The smallest absolute Gasteiger partial charge is 0.416 e. The minimum atomic E-state index is -4.88. The van der Waals surface area contributed by atoms with E-state index in [1.165, 1.54) is 4.90 Å². The van der Waals surface area contributed by atoms with Gasteiger partial charge in [-0.1, -0.05) is 44.5 Å². The Morgan fingerprint density at radius 3 is 2.35 bits per heavy atom. The number of likely N-dealkylation sites (tertiary alicyclic amines) is 1. The number of nitrogens with one attached hydrogen (secondary N) is 3. The van der Waals surface area contributed by atoms with Crippen LogP contribution in [0.1, 0.15) is 76.0 Å². The molecule has 0 spiro atoms. The molecule has 12 nitrogen and oxygen atoms in total. The van der Waals surface area contributed by atoms with Gasteiger partial charge >= 0.3 is 12.3 Å². The number of sulfonamides is 1. The lowest BCUT2D eigenvalue weighted by molar-refractivity contribution is -0.141. The number of amides is 4. The van der Waals surface area contributed by atoms with Crippen LogP contribution in [0.5, 0.6) is 0 Å². The Bertz CT molecular complexity index is 2040. The average Bonchev–Trinajstić information content (AvgIpc) is 4.01. The number of alkyl halides is 3. The Labute approximate surface area is 320 Å². The Hall–Kier alpha value is -4.12. The highest BCUT2D eigenvalue weighted by atomic mass is 35.5. The maximum absolute atomic E-state index is 14.6. The molecule has 4 amide bonds. The van der Waals surface area contributed by atoms with E-state index in [0.717, 1.165) is 34.9 Å². The number of carbonyl (C=O) groups excluding carboxylic acids is 4. The summed E-state index contributed by atoms with van der Waals surface area (Å²) < 4.78 is 88.8. The van der Waals surface area contributed by atoms with E-state index < -0.39 is 85.8 Å². The molecular weight excluding hydrogens is 770 g/mol. The molecule has 0 bridgehead atoms. The zero-order valence-electron chi connectivity index (χ0n) is 30.3. The highest BCUT2D eigenvalue weighted by molar-refractivity contribution is 7.91. The van der Waals surface area contributed by atoms with E-state index in [9.17, 15) is 45.2 Å². The first-order valence-electron chi connectivity index (χ1n) is 18.2. The summed E-state index contributed by atoms with van der Waals surface area (Å²) in [6, 6.07) is 4.46. The SMILES string of the molecule is CC(C)(C)[C@H](Nc1cc(F)cc(C(F)(F)F)c1)C(=O)N1C[C@H](OC(=O)N2Cc3cccc(Cl)c3C2)C[C@H]1C(=O)N[C@]1(C(=O)NS(=O)(=O)C2CC2)C[C@H]1C1CC1. The third kappa shape index (κ3) is 8.09. The van der Waals surface area contributed by atoms with Crippen LogP contribution in [0.25, 0.3) is 0 Å². The molecule has 2 aliphatic heterocycles. The van der Waals surface area contributed by atoms with Crippen molar-refractivity contribution in [3.05, 3.63) is 63.9 Å².